The van der Waals surface area contributed by atoms with E-state index in [1.165, 1.54) is 14.2 Å². The molecule has 23 heavy (non-hydrogen) atoms. The van der Waals surface area contributed by atoms with E-state index in [1.54, 1.807) is 6.07 Å². The minimum Gasteiger partial charge on any atom is -0.492 e. The Bertz CT molecular complexity index is 675. The fourth-order valence-corrected chi connectivity index (χ4v) is 2.70. The van der Waals surface area contributed by atoms with Gasteiger partial charge in [-0.2, -0.15) is 0 Å². The van der Waals surface area contributed by atoms with Crippen LogP contribution in [0, 0.1) is 5.92 Å². The Labute approximate surface area is 132 Å². The third-order valence-electron chi connectivity index (χ3n) is 3.83. The molecule has 2 aliphatic rings. The first kappa shape index (κ1) is 15.2. The number of hydrazine groups is 1. The molecule has 0 fully saturated rings. The lowest BCUT2D eigenvalue weighted by molar-refractivity contribution is -0.115. The fourth-order valence-electron chi connectivity index (χ4n) is 2.70. The van der Waals surface area contributed by atoms with Crippen molar-refractivity contribution >= 4 is 11.6 Å². The Morgan fingerprint density at radius 3 is 2.74 bits per heavy atom. The first-order chi connectivity index (χ1) is 11.1. The van der Waals surface area contributed by atoms with Crippen molar-refractivity contribution in [1.82, 2.24) is 5.43 Å². The molecule has 0 bridgehead atoms. The van der Waals surface area contributed by atoms with E-state index in [0.717, 1.165) is 0 Å². The van der Waals surface area contributed by atoms with Crippen molar-refractivity contribution in [3.8, 4) is 23.0 Å². The van der Waals surface area contributed by atoms with Crippen molar-refractivity contribution in [2.24, 2.45) is 16.9 Å². The number of hydrogen-bond donors (Lipinski definition) is 2. The molecule has 0 spiro atoms. The second-order valence-electron chi connectivity index (χ2n) is 5.03. The van der Waals surface area contributed by atoms with Crippen LogP contribution in [-0.4, -0.2) is 32.6 Å². The number of carbonyl (C=O) groups excluding carboxylic acids is 1. The molecule has 0 radical (unpaired) electrons. The summed E-state index contributed by atoms with van der Waals surface area (Å²) in [5.74, 6) is 6.17. The Hall–Kier alpha value is -2.68. The largest absolute Gasteiger partial charge is 0.492 e. The molecule has 0 saturated carbocycles. The van der Waals surface area contributed by atoms with Gasteiger partial charge in [0.05, 0.1) is 20.1 Å². The molecule has 2 unspecified atom stereocenters. The van der Waals surface area contributed by atoms with Gasteiger partial charge in [0, 0.05) is 5.56 Å². The number of ether oxygens (including phenoxy) is 4. The van der Waals surface area contributed by atoms with E-state index in [4.69, 9.17) is 29.6 Å². The zero-order chi connectivity index (χ0) is 16.6. The maximum Gasteiger partial charge on any atom is 0.283 e. The van der Waals surface area contributed by atoms with Crippen molar-refractivity contribution in [3.63, 3.8) is 0 Å². The van der Waals surface area contributed by atoms with Crippen LogP contribution in [0.3, 0.4) is 0 Å². The van der Waals surface area contributed by atoms with Gasteiger partial charge >= 0.3 is 0 Å². The van der Waals surface area contributed by atoms with E-state index in [1.807, 2.05) is 6.92 Å². The molecule has 3 rings (SSSR count). The van der Waals surface area contributed by atoms with E-state index in [9.17, 15) is 4.79 Å². The first-order valence-corrected chi connectivity index (χ1v) is 6.91. The SMILES string of the molecule is COc1c(C2ON=C(C(=O)NN)C2C)cc2c(c1OC)OCO2. The van der Waals surface area contributed by atoms with Crippen LogP contribution in [0.5, 0.6) is 23.0 Å². The summed E-state index contributed by atoms with van der Waals surface area (Å²) in [5, 5.41) is 3.83. The molecular weight excluding hydrogens is 306 g/mol. The molecular formula is C14H17N3O6. The number of nitrogens with one attached hydrogen (secondary N) is 1. The van der Waals surface area contributed by atoms with Crippen LogP contribution in [0.1, 0.15) is 18.6 Å². The monoisotopic (exact) mass is 323 g/mol. The standard InChI is InChI=1S/C14H17N3O6/c1-6-9(14(18)16-15)17-23-10(6)7-4-8-12(22-5-21-8)13(20-3)11(7)19-2/h4,6,10H,5,15H2,1-3H3,(H,16,18). The number of fused-ring (bicyclic) bond motifs is 1. The van der Waals surface area contributed by atoms with Crippen molar-refractivity contribution < 1.29 is 28.6 Å². The number of hydrogen-bond acceptors (Lipinski definition) is 8. The van der Waals surface area contributed by atoms with Gasteiger partial charge in [-0.3, -0.25) is 10.2 Å². The van der Waals surface area contributed by atoms with Crippen LogP contribution in [0.25, 0.3) is 0 Å². The van der Waals surface area contributed by atoms with Crippen molar-refractivity contribution in [1.29, 1.82) is 0 Å². The number of methoxy groups -OCH3 is 2. The molecule has 2 atom stereocenters. The van der Waals surface area contributed by atoms with E-state index < -0.39 is 12.0 Å². The van der Waals surface area contributed by atoms with Gasteiger partial charge in [-0.1, -0.05) is 12.1 Å². The van der Waals surface area contributed by atoms with E-state index in [2.05, 4.69) is 10.6 Å². The van der Waals surface area contributed by atoms with Crippen molar-refractivity contribution in [2.45, 2.75) is 13.0 Å². The van der Waals surface area contributed by atoms with Crippen LogP contribution < -0.4 is 30.2 Å². The van der Waals surface area contributed by atoms with Gasteiger partial charge in [-0.15, -0.1) is 0 Å². The number of nitrogens with two attached hydrogens (primary N) is 1. The highest BCUT2D eigenvalue weighted by molar-refractivity contribution is 6.39. The number of nitrogens with zero attached hydrogens (tertiary/aromatic N) is 1. The van der Waals surface area contributed by atoms with Gasteiger partial charge in [-0.05, 0) is 6.07 Å². The van der Waals surface area contributed by atoms with Crippen LogP contribution in [0.2, 0.25) is 0 Å². The third-order valence-corrected chi connectivity index (χ3v) is 3.83. The van der Waals surface area contributed by atoms with Gasteiger partial charge < -0.3 is 23.8 Å². The maximum atomic E-state index is 11.7. The van der Waals surface area contributed by atoms with Gasteiger partial charge in [0.15, 0.2) is 23.3 Å². The lowest BCUT2D eigenvalue weighted by Gasteiger charge is -2.20. The highest BCUT2D eigenvalue weighted by atomic mass is 16.7. The summed E-state index contributed by atoms with van der Waals surface area (Å²) in [6.45, 7) is 1.90. The predicted molar refractivity (Wildman–Crippen MR) is 78.4 cm³/mol. The molecule has 124 valence electrons. The Kier molecular flexibility index (Phi) is 3.87. The summed E-state index contributed by atoms with van der Waals surface area (Å²) in [6.07, 6.45) is -0.541. The summed E-state index contributed by atoms with van der Waals surface area (Å²) >= 11 is 0. The summed E-state index contributed by atoms with van der Waals surface area (Å²) in [5.41, 5.74) is 2.90. The average Bonchev–Trinajstić information content (AvgIpc) is 3.18. The van der Waals surface area contributed by atoms with Crippen LogP contribution in [0.15, 0.2) is 11.2 Å². The molecule has 0 saturated heterocycles. The number of benzene rings is 1. The third kappa shape index (κ3) is 2.29. The second kappa shape index (κ2) is 5.84. The van der Waals surface area contributed by atoms with Crippen molar-refractivity contribution in [2.75, 3.05) is 21.0 Å². The highest BCUT2D eigenvalue weighted by Crippen LogP contribution is 2.52. The van der Waals surface area contributed by atoms with Gasteiger partial charge in [0.1, 0.15) is 0 Å². The predicted octanol–water partition coefficient (Wildman–Crippen LogP) is 0.486. The van der Waals surface area contributed by atoms with E-state index >= 15 is 0 Å². The van der Waals surface area contributed by atoms with E-state index in [-0.39, 0.29) is 18.4 Å². The molecule has 0 aliphatic carbocycles. The molecule has 1 aromatic rings. The molecule has 2 heterocycles. The smallest absolute Gasteiger partial charge is 0.283 e. The molecule has 1 aromatic carbocycles. The van der Waals surface area contributed by atoms with Crippen LogP contribution in [-0.2, 0) is 9.63 Å². The zero-order valence-corrected chi connectivity index (χ0v) is 12.9. The number of rotatable bonds is 4. The molecule has 1 amide bonds. The Morgan fingerprint density at radius 1 is 1.35 bits per heavy atom. The maximum absolute atomic E-state index is 11.7. The summed E-state index contributed by atoms with van der Waals surface area (Å²) in [7, 11) is 3.02. The zero-order valence-electron chi connectivity index (χ0n) is 12.9. The van der Waals surface area contributed by atoms with E-state index in [0.29, 0.717) is 28.6 Å². The van der Waals surface area contributed by atoms with Crippen molar-refractivity contribution in [3.05, 3.63) is 11.6 Å². The molecule has 0 aromatic heterocycles. The second-order valence-corrected chi connectivity index (χ2v) is 5.03. The van der Waals surface area contributed by atoms with Gasteiger partial charge in [0.2, 0.25) is 18.3 Å². The number of oxime groups is 1. The summed E-state index contributed by atoms with van der Waals surface area (Å²) in [6, 6.07) is 1.74. The molecule has 9 nitrogen and oxygen atoms in total. The van der Waals surface area contributed by atoms with Crippen LogP contribution >= 0.6 is 0 Å². The Balaban J connectivity index is 2.03. The van der Waals surface area contributed by atoms with Crippen LogP contribution in [0.4, 0.5) is 0 Å². The number of carbonyl (C=O) groups is 1. The quantitative estimate of drug-likeness (QED) is 0.471. The lowest BCUT2D eigenvalue weighted by Crippen LogP contribution is -2.38. The normalized spacial score (nSPS) is 21.5. The van der Waals surface area contributed by atoms with Gasteiger partial charge in [0.25, 0.3) is 5.91 Å². The first-order valence-electron chi connectivity index (χ1n) is 6.91. The topological polar surface area (TPSA) is 114 Å². The molecule has 9 heteroatoms. The van der Waals surface area contributed by atoms with Gasteiger partial charge in [-0.25, -0.2) is 5.84 Å². The highest BCUT2D eigenvalue weighted by Gasteiger charge is 2.40. The summed E-state index contributed by atoms with van der Waals surface area (Å²) in [4.78, 5) is 17.1. The average molecular weight is 323 g/mol. The summed E-state index contributed by atoms with van der Waals surface area (Å²) < 4.78 is 21.7. The lowest BCUT2D eigenvalue weighted by atomic mass is 9.92. The molecule has 2 aliphatic heterocycles. The minimum atomic E-state index is -0.541. The minimum absolute atomic E-state index is 0.0940. The molecule has 3 N–H and O–H groups in total. The fraction of sp³-hybridized carbons (Fsp3) is 0.429. The number of amides is 1. The Morgan fingerprint density at radius 2 is 2.09 bits per heavy atom.